The zero-order valence-electron chi connectivity index (χ0n) is 11.9. The Morgan fingerprint density at radius 3 is 3.15 bits per heavy atom. The van der Waals surface area contributed by atoms with Gasteiger partial charge in [0.2, 0.25) is 0 Å². The number of aromatic nitrogens is 1. The molecule has 1 aliphatic rings. The van der Waals surface area contributed by atoms with Crippen molar-refractivity contribution in [1.29, 1.82) is 0 Å². The summed E-state index contributed by atoms with van der Waals surface area (Å²) in [6.07, 6.45) is 8.25. The maximum Gasteiger partial charge on any atom is 0.0346 e. The molecule has 0 fully saturated rings. The Labute approximate surface area is 120 Å². The van der Waals surface area contributed by atoms with E-state index in [-0.39, 0.29) is 0 Å². The Morgan fingerprint density at radius 1 is 1.25 bits per heavy atom. The fraction of sp³-hybridized carbons (Fsp3) is 0.353. The van der Waals surface area contributed by atoms with E-state index in [1.807, 2.05) is 12.4 Å². The first-order chi connectivity index (χ1) is 9.83. The summed E-state index contributed by atoms with van der Waals surface area (Å²) in [5.41, 5.74) is 1.37. The molecule has 0 spiro atoms. The van der Waals surface area contributed by atoms with Gasteiger partial charge in [0, 0.05) is 50.0 Å². The van der Waals surface area contributed by atoms with Gasteiger partial charge in [-0.1, -0.05) is 24.3 Å². The summed E-state index contributed by atoms with van der Waals surface area (Å²) in [5, 5.41) is 5.92. The van der Waals surface area contributed by atoms with Gasteiger partial charge in [-0.05, 0) is 30.0 Å². The van der Waals surface area contributed by atoms with E-state index in [9.17, 15) is 0 Å². The molecule has 2 aromatic rings. The molecule has 2 heterocycles. The molecule has 1 aromatic carbocycles. The van der Waals surface area contributed by atoms with Gasteiger partial charge in [0.15, 0.2) is 0 Å². The molecule has 3 heteroatoms. The average Bonchev–Trinajstić information content (AvgIpc) is 2.47. The zero-order chi connectivity index (χ0) is 13.8. The smallest absolute Gasteiger partial charge is 0.0346 e. The van der Waals surface area contributed by atoms with Crippen molar-refractivity contribution in [2.24, 2.45) is 0 Å². The third kappa shape index (κ3) is 3.06. The highest BCUT2D eigenvalue weighted by atomic mass is 15.2. The van der Waals surface area contributed by atoms with Gasteiger partial charge in [-0.2, -0.15) is 0 Å². The molecule has 1 aliphatic heterocycles. The van der Waals surface area contributed by atoms with Crippen LogP contribution in [0.1, 0.15) is 12.5 Å². The van der Waals surface area contributed by atoms with Gasteiger partial charge in [0.1, 0.15) is 0 Å². The lowest BCUT2D eigenvalue weighted by Gasteiger charge is -2.29. The topological polar surface area (TPSA) is 28.2 Å². The molecule has 104 valence electrons. The number of rotatable bonds is 2. The molecule has 0 radical (unpaired) electrons. The fourth-order valence-electron chi connectivity index (χ4n) is 2.66. The Hall–Kier alpha value is -1.71. The Kier molecular flexibility index (Phi) is 4.09. The summed E-state index contributed by atoms with van der Waals surface area (Å²) in [4.78, 5) is 6.67. The molecule has 3 rings (SSSR count). The molecule has 1 N–H and O–H groups in total. The second-order valence-corrected chi connectivity index (χ2v) is 5.47. The lowest BCUT2D eigenvalue weighted by atomic mass is 10.1. The van der Waals surface area contributed by atoms with E-state index >= 15 is 0 Å². The van der Waals surface area contributed by atoms with Crippen molar-refractivity contribution in [2.75, 3.05) is 19.6 Å². The summed E-state index contributed by atoms with van der Waals surface area (Å²) in [6.45, 7) is 6.34. The van der Waals surface area contributed by atoms with Crippen LogP contribution >= 0.6 is 0 Å². The van der Waals surface area contributed by atoms with E-state index in [0.717, 1.165) is 26.2 Å². The van der Waals surface area contributed by atoms with Gasteiger partial charge in [0.05, 0.1) is 0 Å². The van der Waals surface area contributed by atoms with Crippen molar-refractivity contribution in [3.63, 3.8) is 0 Å². The van der Waals surface area contributed by atoms with Gasteiger partial charge in [-0.25, -0.2) is 0 Å². The highest BCUT2D eigenvalue weighted by molar-refractivity contribution is 5.81. The summed E-state index contributed by atoms with van der Waals surface area (Å²) in [7, 11) is 0. The molecule has 0 amide bonds. The minimum atomic E-state index is 0.549. The van der Waals surface area contributed by atoms with Crippen molar-refractivity contribution < 1.29 is 0 Å². The summed E-state index contributed by atoms with van der Waals surface area (Å²) in [6, 6.07) is 9.29. The molecule has 1 aromatic heterocycles. The largest absolute Gasteiger partial charge is 0.312 e. The van der Waals surface area contributed by atoms with Crippen molar-refractivity contribution in [3.05, 3.63) is 54.4 Å². The van der Waals surface area contributed by atoms with Crippen molar-refractivity contribution in [2.45, 2.75) is 19.5 Å². The van der Waals surface area contributed by atoms with Gasteiger partial charge in [0.25, 0.3) is 0 Å². The van der Waals surface area contributed by atoms with Crippen LogP contribution in [0.15, 0.2) is 48.8 Å². The molecule has 0 saturated carbocycles. The van der Waals surface area contributed by atoms with Crippen molar-refractivity contribution in [1.82, 2.24) is 15.2 Å². The Morgan fingerprint density at radius 2 is 2.20 bits per heavy atom. The third-order valence-corrected chi connectivity index (χ3v) is 3.92. The molecular formula is C17H21N3. The highest BCUT2D eigenvalue weighted by Gasteiger charge is 2.14. The SMILES string of the molecule is C[C@@H]1CNC/C=C\CN1Cc1ccc2cnccc2c1. The molecule has 0 saturated heterocycles. The lowest BCUT2D eigenvalue weighted by molar-refractivity contribution is 0.216. The van der Waals surface area contributed by atoms with Gasteiger partial charge >= 0.3 is 0 Å². The van der Waals surface area contributed by atoms with Crippen LogP contribution in [-0.2, 0) is 6.54 Å². The van der Waals surface area contributed by atoms with Crippen LogP contribution in [0.5, 0.6) is 0 Å². The van der Waals surface area contributed by atoms with Gasteiger partial charge < -0.3 is 5.32 Å². The minimum Gasteiger partial charge on any atom is -0.312 e. The summed E-state index contributed by atoms with van der Waals surface area (Å²) >= 11 is 0. The first-order valence-electron chi connectivity index (χ1n) is 7.25. The minimum absolute atomic E-state index is 0.549. The van der Waals surface area contributed by atoms with Crippen LogP contribution in [0.25, 0.3) is 10.8 Å². The fourth-order valence-corrected chi connectivity index (χ4v) is 2.66. The van der Waals surface area contributed by atoms with Crippen molar-refractivity contribution >= 4 is 10.8 Å². The molecule has 0 bridgehead atoms. The Balaban J connectivity index is 1.80. The molecule has 1 atom stereocenters. The Bertz CT molecular complexity index is 606. The van der Waals surface area contributed by atoms with E-state index in [1.54, 1.807) is 0 Å². The van der Waals surface area contributed by atoms with Crippen LogP contribution in [0.3, 0.4) is 0 Å². The second kappa shape index (κ2) is 6.16. The third-order valence-electron chi connectivity index (χ3n) is 3.92. The van der Waals surface area contributed by atoms with Crippen LogP contribution in [0.2, 0.25) is 0 Å². The maximum absolute atomic E-state index is 4.17. The quantitative estimate of drug-likeness (QED) is 0.848. The number of fused-ring (bicyclic) bond motifs is 1. The van der Waals surface area contributed by atoms with E-state index < -0.39 is 0 Å². The standard InChI is InChI=1S/C17H21N3/c1-14-11-18-7-2-3-9-20(14)13-15-4-5-17-12-19-8-6-16(17)10-15/h2-6,8,10,12,14,18H,7,9,11,13H2,1H3/b3-2-/t14-/m1/s1. The van der Waals surface area contributed by atoms with Crippen LogP contribution < -0.4 is 5.32 Å². The maximum atomic E-state index is 4.17. The summed E-state index contributed by atoms with van der Waals surface area (Å²) in [5.74, 6) is 0. The summed E-state index contributed by atoms with van der Waals surface area (Å²) < 4.78 is 0. The lowest BCUT2D eigenvalue weighted by Crippen LogP contribution is -2.41. The first-order valence-corrected chi connectivity index (χ1v) is 7.25. The first kappa shape index (κ1) is 13.3. The number of nitrogens with zero attached hydrogens (tertiary/aromatic N) is 2. The molecule has 0 aliphatic carbocycles. The normalized spacial score (nSPS) is 22.4. The molecule has 0 unspecified atom stereocenters. The van der Waals surface area contributed by atoms with Crippen LogP contribution in [-0.4, -0.2) is 35.6 Å². The molecule has 20 heavy (non-hydrogen) atoms. The number of hydrogen-bond acceptors (Lipinski definition) is 3. The zero-order valence-corrected chi connectivity index (χ0v) is 11.9. The number of nitrogens with one attached hydrogen (secondary N) is 1. The second-order valence-electron chi connectivity index (χ2n) is 5.47. The van der Waals surface area contributed by atoms with Crippen LogP contribution in [0.4, 0.5) is 0 Å². The van der Waals surface area contributed by atoms with E-state index in [2.05, 4.69) is 58.5 Å². The predicted molar refractivity (Wildman–Crippen MR) is 83.6 cm³/mol. The molecular weight excluding hydrogens is 246 g/mol. The van der Waals surface area contributed by atoms with E-state index in [4.69, 9.17) is 0 Å². The predicted octanol–water partition coefficient (Wildman–Crippen LogP) is 2.58. The number of benzene rings is 1. The van der Waals surface area contributed by atoms with Gasteiger partial charge in [-0.15, -0.1) is 0 Å². The molecule has 3 nitrogen and oxygen atoms in total. The highest BCUT2D eigenvalue weighted by Crippen LogP contribution is 2.17. The number of pyridine rings is 1. The average molecular weight is 267 g/mol. The van der Waals surface area contributed by atoms with Crippen molar-refractivity contribution in [3.8, 4) is 0 Å². The monoisotopic (exact) mass is 267 g/mol. The van der Waals surface area contributed by atoms with E-state index in [0.29, 0.717) is 6.04 Å². The number of hydrogen-bond donors (Lipinski definition) is 1. The van der Waals surface area contributed by atoms with E-state index in [1.165, 1.54) is 16.3 Å². The van der Waals surface area contributed by atoms with Crippen LogP contribution in [0, 0.1) is 0 Å². The van der Waals surface area contributed by atoms with Gasteiger partial charge in [-0.3, -0.25) is 9.88 Å².